The second-order valence-corrected chi connectivity index (χ2v) is 6.72. The third-order valence-electron chi connectivity index (χ3n) is 4.48. The predicted molar refractivity (Wildman–Crippen MR) is 116 cm³/mol. The number of halogens is 1. The first kappa shape index (κ1) is 19.4. The molecule has 0 aliphatic rings. The molecule has 8 heteroatoms. The second kappa shape index (κ2) is 8.18. The number of carbonyl (C=O) groups excluding carboxylic acids is 1. The molecule has 0 radical (unpaired) electrons. The van der Waals surface area contributed by atoms with Crippen molar-refractivity contribution in [3.05, 3.63) is 99.6 Å². The number of amides is 1. The lowest BCUT2D eigenvalue weighted by atomic mass is 10.1. The number of rotatable bonds is 4. The molecule has 4 aromatic rings. The number of hydrazone groups is 1. The van der Waals surface area contributed by atoms with Gasteiger partial charge in [0.25, 0.3) is 11.5 Å². The van der Waals surface area contributed by atoms with Crippen molar-refractivity contribution < 1.29 is 9.90 Å². The zero-order valence-corrected chi connectivity index (χ0v) is 16.2. The first-order valence-corrected chi connectivity index (χ1v) is 9.31. The summed E-state index contributed by atoms with van der Waals surface area (Å²) in [6.07, 6.45) is 4.26. The maximum absolute atomic E-state index is 13.0. The molecule has 0 saturated heterocycles. The minimum atomic E-state index is -0.456. The molecule has 1 amide bonds. The Morgan fingerprint density at radius 1 is 1.07 bits per heavy atom. The van der Waals surface area contributed by atoms with Crippen molar-refractivity contribution in [2.75, 3.05) is 0 Å². The standard InChI is InChI=1S/C22H15ClN4O3/c23-18-9-3-4-10-19(18)27-21(29)16-8-2-1-7-15(16)17(22(27)30)13-25-26-20(28)14-6-5-11-24-12-14/h1-13,30H,(H,26,28)/b25-13-. The van der Waals surface area contributed by atoms with Gasteiger partial charge in [-0.1, -0.05) is 41.9 Å². The van der Waals surface area contributed by atoms with E-state index in [-0.39, 0.29) is 11.4 Å². The van der Waals surface area contributed by atoms with Crippen LogP contribution in [0.5, 0.6) is 5.88 Å². The fourth-order valence-electron chi connectivity index (χ4n) is 3.06. The van der Waals surface area contributed by atoms with Gasteiger partial charge in [0.1, 0.15) is 0 Å². The van der Waals surface area contributed by atoms with Gasteiger partial charge in [0.05, 0.1) is 28.1 Å². The number of nitrogens with zero attached hydrogens (tertiary/aromatic N) is 3. The number of hydrogen-bond donors (Lipinski definition) is 2. The summed E-state index contributed by atoms with van der Waals surface area (Å²) in [5.41, 5.74) is 2.90. The van der Waals surface area contributed by atoms with Crippen LogP contribution in [0.4, 0.5) is 0 Å². The average molecular weight is 419 g/mol. The first-order chi connectivity index (χ1) is 14.6. The van der Waals surface area contributed by atoms with Crippen molar-refractivity contribution in [1.82, 2.24) is 15.0 Å². The largest absolute Gasteiger partial charge is 0.494 e. The molecule has 0 bridgehead atoms. The smallest absolute Gasteiger partial charge is 0.272 e. The van der Waals surface area contributed by atoms with Gasteiger partial charge in [-0.15, -0.1) is 0 Å². The fourth-order valence-corrected chi connectivity index (χ4v) is 3.28. The summed E-state index contributed by atoms with van der Waals surface area (Å²) in [7, 11) is 0. The molecule has 0 atom stereocenters. The monoisotopic (exact) mass is 418 g/mol. The summed E-state index contributed by atoms with van der Waals surface area (Å²) in [5.74, 6) is -0.797. The van der Waals surface area contributed by atoms with Crippen LogP contribution in [0, 0.1) is 0 Å². The number of fused-ring (bicyclic) bond motifs is 1. The fraction of sp³-hybridized carbons (Fsp3) is 0. The van der Waals surface area contributed by atoms with Crippen LogP contribution in [-0.2, 0) is 0 Å². The molecule has 2 N–H and O–H groups in total. The van der Waals surface area contributed by atoms with Crippen molar-refractivity contribution in [3.8, 4) is 11.6 Å². The summed E-state index contributed by atoms with van der Waals surface area (Å²) >= 11 is 6.25. The van der Waals surface area contributed by atoms with Crippen LogP contribution in [0.2, 0.25) is 5.02 Å². The van der Waals surface area contributed by atoms with Crippen LogP contribution >= 0.6 is 11.6 Å². The Morgan fingerprint density at radius 2 is 1.80 bits per heavy atom. The third kappa shape index (κ3) is 3.54. The predicted octanol–water partition coefficient (Wildman–Crippen LogP) is 3.51. The third-order valence-corrected chi connectivity index (χ3v) is 4.80. The summed E-state index contributed by atoms with van der Waals surface area (Å²) in [6, 6.07) is 16.7. The number of aromatic nitrogens is 2. The molecule has 2 heterocycles. The molecule has 0 unspecified atom stereocenters. The van der Waals surface area contributed by atoms with E-state index in [2.05, 4.69) is 15.5 Å². The van der Waals surface area contributed by atoms with E-state index in [9.17, 15) is 14.7 Å². The van der Waals surface area contributed by atoms with Gasteiger partial charge < -0.3 is 5.11 Å². The van der Waals surface area contributed by atoms with E-state index in [0.29, 0.717) is 27.0 Å². The van der Waals surface area contributed by atoms with Crippen LogP contribution in [0.3, 0.4) is 0 Å². The highest BCUT2D eigenvalue weighted by atomic mass is 35.5. The topological polar surface area (TPSA) is 96.6 Å². The maximum Gasteiger partial charge on any atom is 0.272 e. The molecule has 30 heavy (non-hydrogen) atoms. The number of para-hydroxylation sites is 1. The van der Waals surface area contributed by atoms with Crippen LogP contribution in [-0.4, -0.2) is 26.8 Å². The van der Waals surface area contributed by atoms with Gasteiger partial charge >= 0.3 is 0 Å². The summed E-state index contributed by atoms with van der Waals surface area (Å²) in [5, 5.41) is 16.0. The van der Waals surface area contributed by atoms with Gasteiger partial charge in [-0.3, -0.25) is 14.6 Å². The Kier molecular flexibility index (Phi) is 5.28. The molecule has 4 rings (SSSR count). The Hall–Kier alpha value is -3.97. The summed E-state index contributed by atoms with van der Waals surface area (Å²) in [4.78, 5) is 29.1. The zero-order valence-electron chi connectivity index (χ0n) is 15.5. The second-order valence-electron chi connectivity index (χ2n) is 6.32. The number of hydrogen-bond acceptors (Lipinski definition) is 5. The molecule has 0 aliphatic heterocycles. The van der Waals surface area contributed by atoms with Gasteiger partial charge in [0.15, 0.2) is 0 Å². The number of carbonyl (C=O) groups is 1. The van der Waals surface area contributed by atoms with Gasteiger partial charge in [0.2, 0.25) is 5.88 Å². The van der Waals surface area contributed by atoms with Crippen molar-refractivity contribution in [1.29, 1.82) is 0 Å². The van der Waals surface area contributed by atoms with E-state index in [1.54, 1.807) is 66.9 Å². The summed E-state index contributed by atoms with van der Waals surface area (Å²) < 4.78 is 1.12. The molecule has 148 valence electrons. The first-order valence-electron chi connectivity index (χ1n) is 8.93. The average Bonchev–Trinajstić information content (AvgIpc) is 2.78. The van der Waals surface area contributed by atoms with Crippen molar-refractivity contribution in [2.24, 2.45) is 5.10 Å². The quantitative estimate of drug-likeness (QED) is 0.391. The van der Waals surface area contributed by atoms with Crippen LogP contribution in [0.15, 0.2) is 83.0 Å². The molecule has 0 saturated carbocycles. The lowest BCUT2D eigenvalue weighted by molar-refractivity contribution is 0.0954. The molecule has 2 aromatic carbocycles. The molecule has 0 spiro atoms. The normalized spacial score (nSPS) is 11.1. The summed E-state index contributed by atoms with van der Waals surface area (Å²) in [6.45, 7) is 0. The molecule has 0 fully saturated rings. The number of pyridine rings is 2. The highest BCUT2D eigenvalue weighted by Gasteiger charge is 2.17. The maximum atomic E-state index is 13.0. The highest BCUT2D eigenvalue weighted by molar-refractivity contribution is 6.32. The lowest BCUT2D eigenvalue weighted by Gasteiger charge is -2.14. The molecular weight excluding hydrogens is 404 g/mol. The van der Waals surface area contributed by atoms with Crippen molar-refractivity contribution >= 4 is 34.5 Å². The van der Waals surface area contributed by atoms with E-state index in [4.69, 9.17) is 11.6 Å². The van der Waals surface area contributed by atoms with E-state index < -0.39 is 11.5 Å². The highest BCUT2D eigenvalue weighted by Crippen LogP contribution is 2.28. The lowest BCUT2D eigenvalue weighted by Crippen LogP contribution is -2.21. The number of benzene rings is 2. The number of nitrogens with one attached hydrogen (secondary N) is 1. The minimum Gasteiger partial charge on any atom is -0.494 e. The zero-order chi connectivity index (χ0) is 21.1. The Bertz CT molecular complexity index is 1330. The molecule has 2 aromatic heterocycles. The van der Waals surface area contributed by atoms with E-state index >= 15 is 0 Å². The minimum absolute atomic E-state index is 0.261. The molecular formula is C22H15ClN4O3. The van der Waals surface area contributed by atoms with Gasteiger partial charge in [-0.05, 0) is 30.3 Å². The SMILES string of the molecule is O=C(N/N=C\c1c(O)n(-c2ccccc2Cl)c(=O)c2ccccc12)c1cccnc1. The van der Waals surface area contributed by atoms with E-state index in [0.717, 1.165) is 4.57 Å². The van der Waals surface area contributed by atoms with Gasteiger partial charge in [0, 0.05) is 23.2 Å². The van der Waals surface area contributed by atoms with Crippen LogP contribution < -0.4 is 11.0 Å². The van der Waals surface area contributed by atoms with Crippen LogP contribution in [0.1, 0.15) is 15.9 Å². The molecule has 0 aliphatic carbocycles. The number of aromatic hydroxyl groups is 1. The molecule has 7 nitrogen and oxygen atoms in total. The van der Waals surface area contributed by atoms with E-state index in [1.807, 2.05) is 0 Å². The van der Waals surface area contributed by atoms with Gasteiger partial charge in [-0.25, -0.2) is 9.99 Å². The van der Waals surface area contributed by atoms with Gasteiger partial charge in [-0.2, -0.15) is 5.10 Å². The Labute approximate surface area is 175 Å². The Morgan fingerprint density at radius 3 is 2.53 bits per heavy atom. The van der Waals surface area contributed by atoms with Crippen LogP contribution in [0.25, 0.3) is 16.5 Å². The van der Waals surface area contributed by atoms with Crippen molar-refractivity contribution in [3.63, 3.8) is 0 Å². The Balaban J connectivity index is 1.82. The van der Waals surface area contributed by atoms with E-state index in [1.165, 1.54) is 12.4 Å². The van der Waals surface area contributed by atoms with Crippen molar-refractivity contribution in [2.45, 2.75) is 0 Å².